The van der Waals surface area contributed by atoms with Crippen LogP contribution in [-0.2, 0) is 29.7 Å². The molecule has 0 fully saturated rings. The first-order valence-corrected chi connectivity index (χ1v) is 11.2. The molecule has 0 saturated carbocycles. The molecule has 0 aliphatic heterocycles. The summed E-state index contributed by atoms with van der Waals surface area (Å²) in [5.74, 6) is 1.32. The monoisotopic (exact) mass is 433 g/mol. The molecule has 0 aliphatic rings. The molecule has 29 heavy (non-hydrogen) atoms. The number of benzene rings is 2. The predicted molar refractivity (Wildman–Crippen MR) is 113 cm³/mol. The zero-order chi connectivity index (χ0) is 20.9. The molecule has 1 aromatic heterocycles. The molecular formula is C21H23NO5S2. The molecule has 154 valence electrons. The van der Waals surface area contributed by atoms with Crippen LogP contribution in [-0.4, -0.2) is 32.0 Å². The second kappa shape index (κ2) is 9.41. The Morgan fingerprint density at radius 1 is 0.931 bits per heavy atom. The van der Waals surface area contributed by atoms with Gasteiger partial charge in [-0.3, -0.25) is 0 Å². The minimum atomic E-state index is -3.83. The lowest BCUT2D eigenvalue weighted by Gasteiger charge is -2.23. The van der Waals surface area contributed by atoms with Crippen LogP contribution in [0.5, 0.6) is 11.5 Å². The summed E-state index contributed by atoms with van der Waals surface area (Å²) < 4.78 is 38.8. The number of nitrogens with zero attached hydrogens (tertiary/aromatic N) is 1. The van der Waals surface area contributed by atoms with Gasteiger partial charge in [-0.25, -0.2) is 8.42 Å². The number of hydrogen-bond acceptors (Lipinski definition) is 6. The summed E-state index contributed by atoms with van der Waals surface area (Å²) in [6, 6.07) is 16.2. The fraction of sp³-hybridized carbons (Fsp3) is 0.238. The largest absolute Gasteiger partial charge is 0.497 e. The summed E-state index contributed by atoms with van der Waals surface area (Å²) in [5, 5.41) is 11.2. The maximum Gasteiger partial charge on any atom is 0.244 e. The van der Waals surface area contributed by atoms with Gasteiger partial charge < -0.3 is 14.6 Å². The fourth-order valence-corrected chi connectivity index (χ4v) is 5.67. The number of sulfonamides is 1. The number of aliphatic hydroxyl groups excluding tert-OH is 1. The number of aliphatic hydroxyl groups is 1. The summed E-state index contributed by atoms with van der Waals surface area (Å²) >= 11 is 1.22. The van der Waals surface area contributed by atoms with Gasteiger partial charge in [0, 0.05) is 18.0 Å². The molecule has 6 nitrogen and oxygen atoms in total. The van der Waals surface area contributed by atoms with Crippen LogP contribution < -0.4 is 9.47 Å². The highest BCUT2D eigenvalue weighted by atomic mass is 32.2. The Kier molecular flexibility index (Phi) is 6.92. The summed E-state index contributed by atoms with van der Waals surface area (Å²) in [4.78, 5) is 0.557. The van der Waals surface area contributed by atoms with E-state index < -0.39 is 10.0 Å². The zero-order valence-electron chi connectivity index (χ0n) is 16.2. The van der Waals surface area contributed by atoms with Crippen molar-refractivity contribution in [3.05, 3.63) is 76.0 Å². The fourth-order valence-electron chi connectivity index (χ4n) is 2.99. The molecule has 3 rings (SSSR count). The maximum absolute atomic E-state index is 13.4. The molecule has 0 saturated heterocycles. The van der Waals surface area contributed by atoms with Crippen molar-refractivity contribution in [1.29, 1.82) is 0 Å². The van der Waals surface area contributed by atoms with E-state index in [1.807, 2.05) is 48.5 Å². The van der Waals surface area contributed by atoms with Crippen molar-refractivity contribution < 1.29 is 23.0 Å². The standard InChI is InChI=1S/C21H23NO5S2/c1-26-18-7-3-5-16(11-18)13-22(14-17-6-4-8-19(12-17)27-2)29(24,25)21-9-10-28-20(21)15-23/h3-12,23H,13-15H2,1-2H3. The third-order valence-corrected chi connectivity index (χ3v) is 7.36. The van der Waals surface area contributed by atoms with Crippen LogP contribution in [0.2, 0.25) is 0 Å². The van der Waals surface area contributed by atoms with Gasteiger partial charge >= 0.3 is 0 Å². The Balaban J connectivity index is 2.00. The molecule has 1 heterocycles. The number of ether oxygens (including phenoxy) is 2. The molecule has 8 heteroatoms. The van der Waals surface area contributed by atoms with E-state index in [9.17, 15) is 13.5 Å². The highest BCUT2D eigenvalue weighted by Gasteiger charge is 2.28. The third-order valence-electron chi connectivity index (χ3n) is 4.45. The minimum absolute atomic E-state index is 0.135. The third kappa shape index (κ3) is 4.97. The quantitative estimate of drug-likeness (QED) is 0.557. The summed E-state index contributed by atoms with van der Waals surface area (Å²) in [6.07, 6.45) is 0. The average molecular weight is 434 g/mol. The van der Waals surface area contributed by atoms with E-state index in [1.54, 1.807) is 19.6 Å². The van der Waals surface area contributed by atoms with Crippen molar-refractivity contribution in [2.75, 3.05) is 14.2 Å². The number of hydrogen-bond donors (Lipinski definition) is 1. The van der Waals surface area contributed by atoms with Gasteiger partial charge in [-0.1, -0.05) is 24.3 Å². The lowest BCUT2D eigenvalue weighted by atomic mass is 10.2. The Labute approximate surface area is 175 Å². The van der Waals surface area contributed by atoms with Gasteiger partial charge in [0.1, 0.15) is 11.5 Å². The van der Waals surface area contributed by atoms with Crippen LogP contribution in [0.1, 0.15) is 16.0 Å². The van der Waals surface area contributed by atoms with E-state index in [-0.39, 0.29) is 24.6 Å². The van der Waals surface area contributed by atoms with Gasteiger partial charge in [-0.15, -0.1) is 11.3 Å². The van der Waals surface area contributed by atoms with Crippen LogP contribution in [0, 0.1) is 0 Å². The van der Waals surface area contributed by atoms with Gasteiger partial charge in [0.05, 0.1) is 25.7 Å². The van der Waals surface area contributed by atoms with E-state index in [0.717, 1.165) is 11.1 Å². The van der Waals surface area contributed by atoms with Crippen LogP contribution in [0.15, 0.2) is 64.9 Å². The van der Waals surface area contributed by atoms with Crippen LogP contribution in [0.3, 0.4) is 0 Å². The van der Waals surface area contributed by atoms with Crippen molar-refractivity contribution in [3.8, 4) is 11.5 Å². The van der Waals surface area contributed by atoms with Crippen molar-refractivity contribution in [1.82, 2.24) is 4.31 Å². The van der Waals surface area contributed by atoms with Crippen molar-refractivity contribution >= 4 is 21.4 Å². The number of methoxy groups -OCH3 is 2. The molecule has 0 spiro atoms. The first kappa shape index (κ1) is 21.3. The highest BCUT2D eigenvalue weighted by Crippen LogP contribution is 2.28. The molecule has 0 atom stereocenters. The Morgan fingerprint density at radius 2 is 1.48 bits per heavy atom. The molecule has 2 aromatic carbocycles. The van der Waals surface area contributed by atoms with E-state index in [0.29, 0.717) is 16.4 Å². The molecule has 0 radical (unpaired) electrons. The number of rotatable bonds is 9. The van der Waals surface area contributed by atoms with E-state index in [1.165, 1.54) is 21.7 Å². The van der Waals surface area contributed by atoms with Crippen molar-refractivity contribution in [2.24, 2.45) is 0 Å². The second-order valence-electron chi connectivity index (χ2n) is 6.34. The van der Waals surface area contributed by atoms with Gasteiger partial charge in [0.2, 0.25) is 10.0 Å². The number of thiophene rings is 1. The summed E-state index contributed by atoms with van der Waals surface area (Å²) in [5.41, 5.74) is 1.60. The van der Waals surface area contributed by atoms with Gasteiger partial charge in [0.15, 0.2) is 0 Å². The van der Waals surface area contributed by atoms with Crippen LogP contribution in [0.25, 0.3) is 0 Å². The van der Waals surface area contributed by atoms with Gasteiger partial charge in [-0.2, -0.15) is 4.31 Å². The molecular weight excluding hydrogens is 410 g/mol. The Morgan fingerprint density at radius 3 is 1.97 bits per heavy atom. The summed E-state index contributed by atoms with van der Waals surface area (Å²) in [6.45, 7) is 0.00725. The lowest BCUT2D eigenvalue weighted by Crippen LogP contribution is -2.30. The summed E-state index contributed by atoms with van der Waals surface area (Å²) in [7, 11) is -0.690. The molecule has 0 amide bonds. The normalized spacial score (nSPS) is 11.6. The smallest absolute Gasteiger partial charge is 0.244 e. The topological polar surface area (TPSA) is 76.1 Å². The van der Waals surface area contributed by atoms with E-state index in [4.69, 9.17) is 9.47 Å². The molecule has 3 aromatic rings. The second-order valence-corrected chi connectivity index (χ2v) is 9.25. The highest BCUT2D eigenvalue weighted by molar-refractivity contribution is 7.89. The van der Waals surface area contributed by atoms with Crippen molar-refractivity contribution in [2.45, 2.75) is 24.6 Å². The maximum atomic E-state index is 13.4. The predicted octanol–water partition coefficient (Wildman–Crippen LogP) is 3.65. The minimum Gasteiger partial charge on any atom is -0.497 e. The van der Waals surface area contributed by atoms with E-state index in [2.05, 4.69) is 0 Å². The molecule has 0 bridgehead atoms. The molecule has 0 unspecified atom stereocenters. The first-order valence-electron chi connectivity index (χ1n) is 8.91. The van der Waals surface area contributed by atoms with Crippen LogP contribution in [0.4, 0.5) is 0 Å². The van der Waals surface area contributed by atoms with Crippen molar-refractivity contribution in [3.63, 3.8) is 0 Å². The van der Waals surface area contributed by atoms with Crippen LogP contribution >= 0.6 is 11.3 Å². The Bertz CT molecular complexity index is 1010. The van der Waals surface area contributed by atoms with Gasteiger partial charge in [-0.05, 0) is 46.8 Å². The van der Waals surface area contributed by atoms with E-state index >= 15 is 0 Å². The lowest BCUT2D eigenvalue weighted by molar-refractivity contribution is 0.282. The molecule has 0 aliphatic carbocycles. The zero-order valence-corrected chi connectivity index (χ0v) is 17.9. The first-order chi connectivity index (χ1) is 14.0. The average Bonchev–Trinajstić information content (AvgIpc) is 3.23. The SMILES string of the molecule is COc1cccc(CN(Cc2cccc(OC)c2)S(=O)(=O)c2ccsc2CO)c1. The Hall–Kier alpha value is -2.39. The molecule has 1 N–H and O–H groups in total. The van der Waals surface area contributed by atoms with Gasteiger partial charge in [0.25, 0.3) is 0 Å².